The number of benzene rings is 3. The normalized spacial score (nSPS) is 10.6. The van der Waals surface area contributed by atoms with E-state index in [4.69, 9.17) is 14.2 Å². The van der Waals surface area contributed by atoms with Crippen LogP contribution in [0.15, 0.2) is 134 Å². The lowest BCUT2D eigenvalue weighted by Crippen LogP contribution is -2.10. The van der Waals surface area contributed by atoms with Crippen LogP contribution in [0.5, 0.6) is 29.0 Å². The summed E-state index contributed by atoms with van der Waals surface area (Å²) in [5.74, 6) is 2.58. The molecule has 3 aromatic carbocycles. The molecule has 0 N–H and O–H groups in total. The predicted octanol–water partition coefficient (Wildman–Crippen LogP) is 8.00. The minimum Gasteiger partial charge on any atom is -0.497 e. The first-order chi connectivity index (χ1) is 20.2. The zero-order chi connectivity index (χ0) is 27.9. The van der Waals surface area contributed by atoms with E-state index in [-0.39, 0.29) is 0 Å². The number of pyridine rings is 2. The van der Waals surface area contributed by atoms with Crippen LogP contribution in [0.3, 0.4) is 0 Å². The smallest absolute Gasteiger partial charge is 0.222 e. The molecule has 0 aliphatic heterocycles. The maximum atomic E-state index is 6.30. The van der Waals surface area contributed by atoms with Crippen LogP contribution in [-0.2, 0) is 0 Å². The molecular weight excluding hydrogens is 514 g/mol. The molecule has 200 valence electrons. The molecule has 8 nitrogen and oxygen atoms in total. The first-order valence-electron chi connectivity index (χ1n) is 12.9. The Morgan fingerprint density at radius 3 is 1.80 bits per heavy atom. The summed E-state index contributed by atoms with van der Waals surface area (Å²) in [6, 6.07) is 36.8. The van der Waals surface area contributed by atoms with Crippen LogP contribution in [0.4, 0.5) is 17.1 Å². The third-order valence-electron chi connectivity index (χ3n) is 6.11. The van der Waals surface area contributed by atoms with Crippen molar-refractivity contribution in [2.75, 3.05) is 12.0 Å². The molecule has 3 heterocycles. The van der Waals surface area contributed by atoms with Crippen LogP contribution >= 0.6 is 0 Å². The Bertz CT molecular complexity index is 1700. The van der Waals surface area contributed by atoms with Gasteiger partial charge in [-0.25, -0.2) is 15.0 Å². The standard InChI is InChI=1S/C33H25N5O3/c1-39-27-15-17-34-30(21-27)31-22-33(37-23-36-31)41-29-19-26(18-28(20-29)40-32-14-8-9-16-35-32)38(24-10-4-2-5-11-24)25-12-6-3-7-13-25/h2-23H,1H3. The second-order valence-electron chi connectivity index (χ2n) is 8.86. The zero-order valence-corrected chi connectivity index (χ0v) is 22.2. The number of hydrogen-bond donors (Lipinski definition) is 0. The van der Waals surface area contributed by atoms with Crippen LogP contribution in [0.1, 0.15) is 0 Å². The fraction of sp³-hybridized carbons (Fsp3) is 0.0303. The van der Waals surface area contributed by atoms with Crippen molar-refractivity contribution in [3.05, 3.63) is 134 Å². The molecule has 0 atom stereocenters. The molecule has 0 spiro atoms. The van der Waals surface area contributed by atoms with E-state index in [0.29, 0.717) is 40.4 Å². The van der Waals surface area contributed by atoms with E-state index in [0.717, 1.165) is 17.1 Å². The summed E-state index contributed by atoms with van der Waals surface area (Å²) in [4.78, 5) is 19.6. The quantitative estimate of drug-likeness (QED) is 0.183. The summed E-state index contributed by atoms with van der Waals surface area (Å²) in [6.45, 7) is 0. The van der Waals surface area contributed by atoms with Gasteiger partial charge in [0.25, 0.3) is 0 Å². The van der Waals surface area contributed by atoms with Gasteiger partial charge in [0.1, 0.15) is 23.6 Å². The van der Waals surface area contributed by atoms with Gasteiger partial charge >= 0.3 is 0 Å². The maximum Gasteiger partial charge on any atom is 0.222 e. The van der Waals surface area contributed by atoms with Gasteiger partial charge in [0, 0.05) is 60.2 Å². The van der Waals surface area contributed by atoms with E-state index in [1.165, 1.54) is 6.33 Å². The predicted molar refractivity (Wildman–Crippen MR) is 157 cm³/mol. The lowest BCUT2D eigenvalue weighted by molar-refractivity contribution is 0.414. The van der Waals surface area contributed by atoms with Crippen LogP contribution in [0, 0.1) is 0 Å². The minimum absolute atomic E-state index is 0.353. The SMILES string of the molecule is COc1ccnc(-c2cc(Oc3cc(Oc4ccccn4)cc(N(c4ccccc4)c4ccccc4)c3)ncn2)c1. The number of anilines is 3. The number of methoxy groups -OCH3 is 1. The number of para-hydroxylation sites is 2. The second kappa shape index (κ2) is 12.0. The lowest BCUT2D eigenvalue weighted by atomic mass is 10.2. The third-order valence-corrected chi connectivity index (χ3v) is 6.11. The van der Waals surface area contributed by atoms with E-state index in [9.17, 15) is 0 Å². The van der Waals surface area contributed by atoms with Gasteiger partial charge in [0.05, 0.1) is 24.2 Å². The van der Waals surface area contributed by atoms with Crippen molar-refractivity contribution < 1.29 is 14.2 Å². The Balaban J connectivity index is 1.42. The highest BCUT2D eigenvalue weighted by Gasteiger charge is 2.16. The number of hydrogen-bond acceptors (Lipinski definition) is 8. The van der Waals surface area contributed by atoms with Gasteiger partial charge in [-0.3, -0.25) is 4.98 Å². The first kappa shape index (κ1) is 25.5. The van der Waals surface area contributed by atoms with Crippen LogP contribution in [-0.4, -0.2) is 27.0 Å². The molecule has 0 aliphatic carbocycles. The van der Waals surface area contributed by atoms with E-state index < -0.39 is 0 Å². The summed E-state index contributed by atoms with van der Waals surface area (Å²) in [5, 5.41) is 0. The molecule has 8 heteroatoms. The van der Waals surface area contributed by atoms with E-state index in [1.54, 1.807) is 43.8 Å². The number of aromatic nitrogens is 4. The Kier molecular flexibility index (Phi) is 7.44. The van der Waals surface area contributed by atoms with Gasteiger partial charge in [-0.05, 0) is 36.4 Å². The fourth-order valence-corrected chi connectivity index (χ4v) is 4.27. The summed E-state index contributed by atoms with van der Waals surface area (Å²) < 4.78 is 17.8. The largest absolute Gasteiger partial charge is 0.497 e. The molecule has 0 fully saturated rings. The van der Waals surface area contributed by atoms with Crippen molar-refractivity contribution in [2.24, 2.45) is 0 Å². The van der Waals surface area contributed by atoms with Gasteiger partial charge in [0.2, 0.25) is 11.8 Å². The average Bonchev–Trinajstić information content (AvgIpc) is 3.03. The molecule has 0 radical (unpaired) electrons. The topological polar surface area (TPSA) is 82.5 Å². The van der Waals surface area contributed by atoms with E-state index in [1.807, 2.05) is 66.7 Å². The highest BCUT2D eigenvalue weighted by Crippen LogP contribution is 2.40. The summed E-state index contributed by atoms with van der Waals surface area (Å²) in [7, 11) is 1.61. The lowest BCUT2D eigenvalue weighted by Gasteiger charge is -2.26. The summed E-state index contributed by atoms with van der Waals surface area (Å²) in [5.41, 5.74) is 4.03. The molecule has 0 bridgehead atoms. The van der Waals surface area contributed by atoms with Gasteiger partial charge in [-0.15, -0.1) is 0 Å². The fourth-order valence-electron chi connectivity index (χ4n) is 4.27. The van der Waals surface area contributed by atoms with E-state index in [2.05, 4.69) is 49.1 Å². The van der Waals surface area contributed by atoms with Crippen molar-refractivity contribution in [3.8, 4) is 40.4 Å². The second-order valence-corrected chi connectivity index (χ2v) is 8.86. The Hall–Kier alpha value is -5.76. The molecule has 0 saturated carbocycles. The summed E-state index contributed by atoms with van der Waals surface area (Å²) >= 11 is 0. The van der Waals surface area contributed by atoms with Crippen molar-refractivity contribution in [3.63, 3.8) is 0 Å². The van der Waals surface area contributed by atoms with Crippen molar-refractivity contribution in [1.82, 2.24) is 19.9 Å². The highest BCUT2D eigenvalue weighted by atomic mass is 16.5. The minimum atomic E-state index is 0.353. The van der Waals surface area contributed by atoms with Crippen molar-refractivity contribution in [2.45, 2.75) is 0 Å². The van der Waals surface area contributed by atoms with E-state index >= 15 is 0 Å². The monoisotopic (exact) mass is 539 g/mol. The third kappa shape index (κ3) is 6.12. The molecule has 3 aromatic heterocycles. The number of ether oxygens (including phenoxy) is 3. The maximum absolute atomic E-state index is 6.30. The van der Waals surface area contributed by atoms with Crippen LogP contribution < -0.4 is 19.1 Å². The summed E-state index contributed by atoms with van der Waals surface area (Å²) in [6.07, 6.45) is 4.80. The van der Waals surface area contributed by atoms with Crippen molar-refractivity contribution in [1.29, 1.82) is 0 Å². The zero-order valence-electron chi connectivity index (χ0n) is 22.2. The highest BCUT2D eigenvalue weighted by molar-refractivity contribution is 5.78. The Morgan fingerprint density at radius 1 is 0.488 bits per heavy atom. The average molecular weight is 540 g/mol. The Morgan fingerprint density at radius 2 is 1.15 bits per heavy atom. The van der Waals surface area contributed by atoms with Gasteiger partial charge in [-0.2, -0.15) is 0 Å². The molecule has 41 heavy (non-hydrogen) atoms. The van der Waals surface area contributed by atoms with Gasteiger partial charge < -0.3 is 19.1 Å². The molecule has 6 rings (SSSR count). The van der Waals surface area contributed by atoms with Crippen molar-refractivity contribution >= 4 is 17.1 Å². The number of rotatable bonds is 9. The van der Waals surface area contributed by atoms with Crippen LogP contribution in [0.25, 0.3) is 11.4 Å². The molecule has 0 aliphatic rings. The van der Waals surface area contributed by atoms with Crippen LogP contribution in [0.2, 0.25) is 0 Å². The molecular formula is C33H25N5O3. The first-order valence-corrected chi connectivity index (χ1v) is 12.9. The molecule has 0 amide bonds. The molecule has 0 unspecified atom stereocenters. The number of nitrogens with zero attached hydrogens (tertiary/aromatic N) is 5. The van der Waals surface area contributed by atoms with Gasteiger partial charge in [0.15, 0.2) is 0 Å². The van der Waals surface area contributed by atoms with Gasteiger partial charge in [-0.1, -0.05) is 42.5 Å². The molecule has 6 aromatic rings. The molecule has 0 saturated heterocycles. The Labute approximate surface area is 237 Å².